The summed E-state index contributed by atoms with van der Waals surface area (Å²) in [6.45, 7) is 7.29. The average molecular weight is 355 g/mol. The molecule has 0 amide bonds. The molecule has 0 spiro atoms. The Morgan fingerprint density at radius 2 is 1.09 bits per heavy atom. The number of hydrogen-bond acceptors (Lipinski definition) is 2. The Labute approximate surface area is 184 Å². The van der Waals surface area contributed by atoms with Crippen LogP contribution in [0, 0.1) is 10.8 Å². The number of aliphatic carboxylic acids is 2. The van der Waals surface area contributed by atoms with E-state index in [9.17, 15) is 19.8 Å². The van der Waals surface area contributed by atoms with Crippen LogP contribution in [-0.4, -0.2) is 73.5 Å². The van der Waals surface area contributed by atoms with Crippen LogP contribution in [0.25, 0.3) is 0 Å². The number of carboxylic acids is 2. The summed E-state index contributed by atoms with van der Waals surface area (Å²) in [6, 6.07) is 0. The third-order valence-electron chi connectivity index (χ3n) is 4.67. The molecule has 0 bridgehead atoms. The second-order valence-electron chi connectivity index (χ2n) is 7.34. The van der Waals surface area contributed by atoms with Gasteiger partial charge in [-0.3, -0.25) is 9.59 Å². The fraction of sp³-hybridized carbons (Fsp3) is 0.889. The molecule has 4 nitrogen and oxygen atoms in total. The first-order valence-corrected chi connectivity index (χ1v) is 8.67. The maximum absolute atomic E-state index is 11.6. The van der Waals surface area contributed by atoms with Crippen molar-refractivity contribution in [1.29, 1.82) is 0 Å². The summed E-state index contributed by atoms with van der Waals surface area (Å²) in [5.74, 6) is -2.43. The summed E-state index contributed by atoms with van der Waals surface area (Å²) < 4.78 is 0. The van der Waals surface area contributed by atoms with Gasteiger partial charge in [-0.05, 0) is 11.8 Å². The van der Waals surface area contributed by atoms with Gasteiger partial charge in [-0.15, -0.1) is 0 Å². The third-order valence-corrected chi connectivity index (χ3v) is 4.67. The van der Waals surface area contributed by atoms with Gasteiger partial charge in [-0.25, -0.2) is 0 Å². The van der Waals surface area contributed by atoms with Crippen molar-refractivity contribution in [2.75, 3.05) is 0 Å². The molecule has 0 heterocycles. The SMILES string of the molecule is CCCCCCCCCCCC(C(=O)O)(C(=O)O)C(C)(C)C.[KH]. The zero-order valence-electron chi connectivity index (χ0n) is 14.8. The maximum atomic E-state index is 11.6. The van der Waals surface area contributed by atoms with Gasteiger partial charge in [-0.2, -0.15) is 0 Å². The predicted molar refractivity (Wildman–Crippen MR) is 96.2 cm³/mol. The first kappa shape index (κ1) is 25.8. The van der Waals surface area contributed by atoms with Crippen LogP contribution in [0.5, 0.6) is 0 Å². The van der Waals surface area contributed by atoms with Crippen molar-refractivity contribution in [2.45, 2.75) is 91.9 Å². The molecule has 0 unspecified atom stereocenters. The first-order valence-electron chi connectivity index (χ1n) is 8.67. The summed E-state index contributed by atoms with van der Waals surface area (Å²) >= 11 is 0. The van der Waals surface area contributed by atoms with Gasteiger partial charge in [0.2, 0.25) is 0 Å². The molecule has 0 aliphatic rings. The van der Waals surface area contributed by atoms with Crippen molar-refractivity contribution >= 4 is 63.3 Å². The van der Waals surface area contributed by atoms with E-state index in [1.807, 2.05) is 0 Å². The van der Waals surface area contributed by atoms with E-state index in [1.165, 1.54) is 32.1 Å². The molecule has 0 aromatic rings. The van der Waals surface area contributed by atoms with Gasteiger partial charge in [-0.1, -0.05) is 85.5 Å². The molecule has 0 aliphatic carbocycles. The van der Waals surface area contributed by atoms with E-state index in [4.69, 9.17) is 0 Å². The fourth-order valence-electron chi connectivity index (χ4n) is 3.02. The Kier molecular flexibility index (Phi) is 14.4. The predicted octanol–water partition coefficient (Wildman–Crippen LogP) is 4.46. The molecule has 0 atom stereocenters. The van der Waals surface area contributed by atoms with Crippen molar-refractivity contribution < 1.29 is 19.8 Å². The van der Waals surface area contributed by atoms with E-state index < -0.39 is 22.8 Å². The molecule has 0 saturated heterocycles. The monoisotopic (exact) mass is 354 g/mol. The molecular formula is C18H35KO4. The Bertz CT molecular complexity index is 333. The van der Waals surface area contributed by atoms with Crippen LogP contribution in [0.3, 0.4) is 0 Å². The quantitative estimate of drug-likeness (QED) is 0.308. The van der Waals surface area contributed by atoms with Crippen LogP contribution in [0.4, 0.5) is 0 Å². The normalized spacial score (nSPS) is 11.8. The number of carbonyl (C=O) groups is 2. The van der Waals surface area contributed by atoms with E-state index in [0.717, 1.165) is 19.3 Å². The first-order chi connectivity index (χ1) is 10.2. The summed E-state index contributed by atoms with van der Waals surface area (Å²) in [4.78, 5) is 23.2. The molecule has 0 aromatic carbocycles. The Morgan fingerprint density at radius 3 is 1.39 bits per heavy atom. The van der Waals surface area contributed by atoms with Gasteiger partial charge >= 0.3 is 63.3 Å². The molecule has 0 rings (SSSR count). The van der Waals surface area contributed by atoms with Gasteiger partial charge in [0.25, 0.3) is 0 Å². The molecule has 0 saturated carbocycles. The van der Waals surface area contributed by atoms with Crippen LogP contribution in [-0.2, 0) is 9.59 Å². The Hall–Kier alpha value is 0.576. The van der Waals surface area contributed by atoms with E-state index in [1.54, 1.807) is 20.8 Å². The van der Waals surface area contributed by atoms with Crippen molar-refractivity contribution in [1.82, 2.24) is 0 Å². The van der Waals surface area contributed by atoms with Crippen molar-refractivity contribution in [3.63, 3.8) is 0 Å². The molecule has 5 heteroatoms. The zero-order valence-corrected chi connectivity index (χ0v) is 14.8. The number of unbranched alkanes of at least 4 members (excludes halogenated alkanes) is 8. The van der Waals surface area contributed by atoms with Crippen LogP contribution in [0.15, 0.2) is 0 Å². The van der Waals surface area contributed by atoms with Crippen LogP contribution in [0.1, 0.15) is 91.9 Å². The molecule has 0 radical (unpaired) electrons. The molecule has 0 aliphatic heterocycles. The standard InChI is InChI=1S/C18H34O4.K.H/c1-5-6-7-8-9-10-11-12-13-14-18(15(19)20,16(21)22)17(2,3)4;;/h5-14H2,1-4H3,(H,19,20)(H,21,22);;. The van der Waals surface area contributed by atoms with E-state index in [0.29, 0.717) is 6.42 Å². The van der Waals surface area contributed by atoms with Crippen molar-refractivity contribution in [3.05, 3.63) is 0 Å². The van der Waals surface area contributed by atoms with E-state index in [2.05, 4.69) is 6.92 Å². The molecule has 0 aromatic heterocycles. The third kappa shape index (κ3) is 8.48. The fourth-order valence-corrected chi connectivity index (χ4v) is 3.02. The molecular weight excluding hydrogens is 319 g/mol. The van der Waals surface area contributed by atoms with Gasteiger partial charge in [0.1, 0.15) is 0 Å². The summed E-state index contributed by atoms with van der Waals surface area (Å²) in [6.07, 6.45) is 10.3. The van der Waals surface area contributed by atoms with Gasteiger partial charge in [0, 0.05) is 0 Å². The van der Waals surface area contributed by atoms with Crippen molar-refractivity contribution in [2.24, 2.45) is 10.8 Å². The van der Waals surface area contributed by atoms with Gasteiger partial charge < -0.3 is 10.2 Å². The molecule has 0 fully saturated rings. The Balaban J connectivity index is 0. The Morgan fingerprint density at radius 1 is 0.739 bits per heavy atom. The zero-order chi connectivity index (χ0) is 17.2. The van der Waals surface area contributed by atoms with Gasteiger partial charge in [0.15, 0.2) is 5.41 Å². The number of rotatable bonds is 12. The van der Waals surface area contributed by atoms with E-state index >= 15 is 0 Å². The minimum atomic E-state index is -1.69. The summed E-state index contributed by atoms with van der Waals surface area (Å²) in [7, 11) is 0. The second kappa shape index (κ2) is 12.9. The minimum absolute atomic E-state index is 0. The van der Waals surface area contributed by atoms with Crippen LogP contribution < -0.4 is 0 Å². The van der Waals surface area contributed by atoms with Crippen LogP contribution >= 0.6 is 0 Å². The average Bonchev–Trinajstić information content (AvgIpc) is 2.38. The summed E-state index contributed by atoms with van der Waals surface area (Å²) in [5.41, 5.74) is -2.49. The molecule has 2 N–H and O–H groups in total. The summed E-state index contributed by atoms with van der Waals surface area (Å²) in [5, 5.41) is 18.9. The van der Waals surface area contributed by atoms with Gasteiger partial charge in [0.05, 0.1) is 0 Å². The molecule has 132 valence electrons. The topological polar surface area (TPSA) is 74.6 Å². The van der Waals surface area contributed by atoms with Crippen molar-refractivity contribution in [3.8, 4) is 0 Å². The molecule has 23 heavy (non-hydrogen) atoms. The van der Waals surface area contributed by atoms with Crippen LogP contribution in [0.2, 0.25) is 0 Å². The second-order valence-corrected chi connectivity index (χ2v) is 7.34. The van der Waals surface area contributed by atoms with E-state index in [-0.39, 0.29) is 57.8 Å². The number of carboxylic acid groups (broad SMARTS) is 2. The number of hydrogen-bond donors (Lipinski definition) is 2.